The lowest BCUT2D eigenvalue weighted by Gasteiger charge is -2.12. The monoisotopic (exact) mass is 470 g/mol. The van der Waals surface area contributed by atoms with Crippen LogP contribution in [0.25, 0.3) is 21.1 Å². The summed E-state index contributed by atoms with van der Waals surface area (Å²) in [5.74, 6) is -0.652. The van der Waals surface area contributed by atoms with Gasteiger partial charge in [-0.15, -0.1) is 10.2 Å². The number of benzene rings is 2. The number of hydrogen-bond acceptors (Lipinski definition) is 7. The standard InChI is InChI=1S/C20H21Cl2FN4O2S/c1-10(2)25-17-4-3-11(5-15(17)22)19-26-27-20(30-19)13-6-16(23)18(7-14(13)21)29-9-12(24)8-28/h3-7,10,12,25,28H,8-9,24H2,1-2H3/t12-/m0/s1. The third-order valence-corrected chi connectivity index (χ3v) is 5.66. The molecule has 0 spiro atoms. The topological polar surface area (TPSA) is 93.3 Å². The molecule has 1 aromatic heterocycles. The summed E-state index contributed by atoms with van der Waals surface area (Å²) in [6.45, 7) is 3.76. The Balaban J connectivity index is 1.84. The van der Waals surface area contributed by atoms with Crippen molar-refractivity contribution in [1.29, 1.82) is 0 Å². The van der Waals surface area contributed by atoms with Crippen LogP contribution in [-0.2, 0) is 0 Å². The highest BCUT2D eigenvalue weighted by molar-refractivity contribution is 7.18. The molecule has 1 heterocycles. The van der Waals surface area contributed by atoms with Gasteiger partial charge in [-0.05, 0) is 38.1 Å². The summed E-state index contributed by atoms with van der Waals surface area (Å²) in [6, 6.07) is 7.84. The molecular formula is C20H21Cl2FN4O2S. The first-order valence-electron chi connectivity index (χ1n) is 9.17. The van der Waals surface area contributed by atoms with Gasteiger partial charge in [0.05, 0.1) is 28.4 Å². The Morgan fingerprint density at radius 3 is 2.57 bits per heavy atom. The van der Waals surface area contributed by atoms with Crippen LogP contribution in [0.2, 0.25) is 10.0 Å². The SMILES string of the molecule is CC(C)Nc1ccc(-c2nnc(-c3cc(F)c(OC[C@@H](N)CO)cc3Cl)s2)cc1Cl. The number of halogens is 3. The number of anilines is 1. The number of aliphatic hydroxyl groups excluding tert-OH is 1. The zero-order valence-corrected chi connectivity index (χ0v) is 18.7. The van der Waals surface area contributed by atoms with E-state index in [9.17, 15) is 4.39 Å². The number of aliphatic hydroxyl groups is 1. The van der Waals surface area contributed by atoms with Crippen molar-refractivity contribution in [3.63, 3.8) is 0 Å². The zero-order chi connectivity index (χ0) is 21.8. The first-order valence-corrected chi connectivity index (χ1v) is 10.7. The molecular weight excluding hydrogens is 450 g/mol. The molecule has 3 aromatic rings. The van der Waals surface area contributed by atoms with Crippen molar-refractivity contribution < 1.29 is 14.2 Å². The van der Waals surface area contributed by atoms with Gasteiger partial charge in [-0.3, -0.25) is 0 Å². The molecule has 10 heteroatoms. The van der Waals surface area contributed by atoms with E-state index in [2.05, 4.69) is 15.5 Å². The Labute approximate surface area is 187 Å². The van der Waals surface area contributed by atoms with Crippen LogP contribution in [0.1, 0.15) is 13.8 Å². The van der Waals surface area contributed by atoms with E-state index in [1.807, 2.05) is 26.0 Å². The van der Waals surface area contributed by atoms with E-state index in [4.69, 9.17) is 38.8 Å². The van der Waals surface area contributed by atoms with Gasteiger partial charge in [0.25, 0.3) is 0 Å². The molecule has 0 aliphatic carbocycles. The Kier molecular flexibility index (Phi) is 7.49. The van der Waals surface area contributed by atoms with E-state index < -0.39 is 11.9 Å². The number of nitrogens with two attached hydrogens (primary N) is 1. The number of ether oxygens (including phenoxy) is 1. The van der Waals surface area contributed by atoms with Gasteiger partial charge in [-0.25, -0.2) is 4.39 Å². The Bertz CT molecular complexity index is 1030. The average molecular weight is 471 g/mol. The third kappa shape index (κ3) is 5.39. The van der Waals surface area contributed by atoms with E-state index >= 15 is 0 Å². The molecule has 1 atom stereocenters. The van der Waals surface area contributed by atoms with E-state index in [1.54, 1.807) is 6.07 Å². The third-order valence-electron chi connectivity index (χ3n) is 4.02. The van der Waals surface area contributed by atoms with Gasteiger partial charge in [0.2, 0.25) is 0 Å². The first-order chi connectivity index (χ1) is 14.3. The minimum Gasteiger partial charge on any atom is -0.489 e. The number of aromatic nitrogens is 2. The highest BCUT2D eigenvalue weighted by Gasteiger charge is 2.17. The van der Waals surface area contributed by atoms with Gasteiger partial charge in [-0.2, -0.15) is 0 Å². The van der Waals surface area contributed by atoms with Crippen LogP contribution in [-0.4, -0.2) is 40.6 Å². The molecule has 0 fully saturated rings. The summed E-state index contributed by atoms with van der Waals surface area (Å²) in [7, 11) is 0. The molecule has 0 radical (unpaired) electrons. The molecule has 3 rings (SSSR count). The quantitative estimate of drug-likeness (QED) is 0.436. The first kappa shape index (κ1) is 22.7. The number of hydrogen-bond donors (Lipinski definition) is 3. The molecule has 0 bridgehead atoms. The minimum absolute atomic E-state index is 0.0333. The second-order valence-corrected chi connectivity index (χ2v) is 8.71. The van der Waals surface area contributed by atoms with Crippen molar-refractivity contribution in [3.8, 4) is 26.9 Å². The molecule has 4 N–H and O–H groups in total. The Hall–Kier alpha value is -1.97. The van der Waals surface area contributed by atoms with Gasteiger partial charge in [0, 0.05) is 23.2 Å². The van der Waals surface area contributed by atoms with E-state index in [1.165, 1.54) is 23.5 Å². The molecule has 0 unspecified atom stereocenters. The van der Waals surface area contributed by atoms with Crippen molar-refractivity contribution in [1.82, 2.24) is 10.2 Å². The van der Waals surface area contributed by atoms with Gasteiger partial charge in [-0.1, -0.05) is 34.5 Å². The lowest BCUT2D eigenvalue weighted by atomic mass is 10.2. The van der Waals surface area contributed by atoms with Crippen LogP contribution in [0.15, 0.2) is 30.3 Å². The van der Waals surface area contributed by atoms with Crippen molar-refractivity contribution in [2.24, 2.45) is 5.73 Å². The van der Waals surface area contributed by atoms with E-state index in [0.29, 0.717) is 20.6 Å². The second-order valence-electron chi connectivity index (χ2n) is 6.92. The molecule has 0 aliphatic heterocycles. The zero-order valence-electron chi connectivity index (χ0n) is 16.3. The molecule has 0 saturated heterocycles. The molecule has 0 amide bonds. The predicted molar refractivity (Wildman–Crippen MR) is 120 cm³/mol. The number of rotatable bonds is 8. The normalized spacial score (nSPS) is 12.3. The minimum atomic E-state index is -0.609. The summed E-state index contributed by atoms with van der Waals surface area (Å²) in [4.78, 5) is 0. The molecule has 2 aromatic carbocycles. The predicted octanol–water partition coefficient (Wildman–Crippen LogP) is 4.84. The lowest BCUT2D eigenvalue weighted by Crippen LogP contribution is -2.31. The summed E-state index contributed by atoms with van der Waals surface area (Å²) < 4.78 is 19.7. The highest BCUT2D eigenvalue weighted by atomic mass is 35.5. The fourth-order valence-electron chi connectivity index (χ4n) is 2.58. The van der Waals surface area contributed by atoms with Crippen molar-refractivity contribution in [3.05, 3.63) is 46.2 Å². The van der Waals surface area contributed by atoms with Gasteiger partial charge < -0.3 is 20.9 Å². The Morgan fingerprint density at radius 1 is 1.17 bits per heavy atom. The van der Waals surface area contributed by atoms with Crippen LogP contribution < -0.4 is 15.8 Å². The van der Waals surface area contributed by atoms with Crippen LogP contribution in [0.4, 0.5) is 10.1 Å². The maximum Gasteiger partial charge on any atom is 0.165 e. The van der Waals surface area contributed by atoms with Gasteiger partial charge in [0.15, 0.2) is 11.6 Å². The summed E-state index contributed by atoms with van der Waals surface area (Å²) in [5.41, 5.74) is 7.61. The van der Waals surface area contributed by atoms with E-state index in [0.717, 1.165) is 11.3 Å². The second kappa shape index (κ2) is 9.89. The van der Waals surface area contributed by atoms with Gasteiger partial charge in [0.1, 0.15) is 16.6 Å². The molecule has 0 saturated carbocycles. The van der Waals surface area contributed by atoms with Crippen molar-refractivity contribution in [2.75, 3.05) is 18.5 Å². The maximum absolute atomic E-state index is 14.4. The fraction of sp³-hybridized carbons (Fsp3) is 0.300. The van der Waals surface area contributed by atoms with Crippen LogP contribution in [0.3, 0.4) is 0 Å². The average Bonchev–Trinajstić information content (AvgIpc) is 3.19. The van der Waals surface area contributed by atoms with Crippen LogP contribution >= 0.6 is 34.5 Å². The largest absolute Gasteiger partial charge is 0.489 e. The van der Waals surface area contributed by atoms with Crippen LogP contribution in [0, 0.1) is 5.82 Å². The van der Waals surface area contributed by atoms with Crippen molar-refractivity contribution >= 4 is 40.2 Å². The molecule has 0 aliphatic rings. The fourth-order valence-corrected chi connectivity index (χ4v) is 3.98. The molecule has 6 nitrogen and oxygen atoms in total. The summed E-state index contributed by atoms with van der Waals surface area (Å²) in [5, 5.41) is 22.5. The molecule has 30 heavy (non-hydrogen) atoms. The van der Waals surface area contributed by atoms with Crippen molar-refractivity contribution in [2.45, 2.75) is 25.9 Å². The van der Waals surface area contributed by atoms with Crippen LogP contribution in [0.5, 0.6) is 5.75 Å². The smallest absolute Gasteiger partial charge is 0.165 e. The highest BCUT2D eigenvalue weighted by Crippen LogP contribution is 2.38. The van der Waals surface area contributed by atoms with Gasteiger partial charge >= 0.3 is 0 Å². The summed E-state index contributed by atoms with van der Waals surface area (Å²) in [6.07, 6.45) is 0. The number of nitrogens with one attached hydrogen (secondary N) is 1. The molecule has 160 valence electrons. The maximum atomic E-state index is 14.4. The number of nitrogens with zero attached hydrogens (tertiary/aromatic N) is 2. The lowest BCUT2D eigenvalue weighted by molar-refractivity contribution is 0.202. The van der Waals surface area contributed by atoms with E-state index in [-0.39, 0.29) is 30.0 Å². The Morgan fingerprint density at radius 2 is 1.90 bits per heavy atom. The summed E-state index contributed by atoms with van der Waals surface area (Å²) >= 11 is 13.9.